The Kier molecular flexibility index (Phi) is 5.57. The molecule has 0 radical (unpaired) electrons. The van der Waals surface area contributed by atoms with Crippen molar-refractivity contribution in [2.75, 3.05) is 39.3 Å². The van der Waals surface area contributed by atoms with Crippen LogP contribution in [0.3, 0.4) is 0 Å². The van der Waals surface area contributed by atoms with E-state index >= 15 is 0 Å². The molecule has 5 nitrogen and oxygen atoms in total. The van der Waals surface area contributed by atoms with E-state index in [9.17, 15) is 9.59 Å². The lowest BCUT2D eigenvalue weighted by Gasteiger charge is -2.48. The summed E-state index contributed by atoms with van der Waals surface area (Å²) in [4.78, 5) is 32.4. The molecule has 6 heteroatoms. The fourth-order valence-corrected chi connectivity index (χ4v) is 5.01. The highest BCUT2D eigenvalue weighted by atomic mass is 32.1. The van der Waals surface area contributed by atoms with Gasteiger partial charge in [-0.2, -0.15) is 0 Å². The summed E-state index contributed by atoms with van der Waals surface area (Å²) in [6, 6.07) is 22.3. The summed E-state index contributed by atoms with van der Waals surface area (Å²) < 4.78 is 0. The van der Waals surface area contributed by atoms with Gasteiger partial charge in [-0.3, -0.25) is 14.5 Å². The van der Waals surface area contributed by atoms with Gasteiger partial charge in [-0.1, -0.05) is 48.5 Å². The first-order valence-corrected chi connectivity index (χ1v) is 11.6. The molecule has 2 aliphatic rings. The third-order valence-corrected chi connectivity index (χ3v) is 7.10. The number of amides is 2. The molecule has 0 atom stereocenters. The minimum absolute atomic E-state index is 0.0994. The number of hydrogen-bond acceptors (Lipinski definition) is 4. The van der Waals surface area contributed by atoms with E-state index in [1.165, 1.54) is 11.3 Å². The van der Waals surface area contributed by atoms with E-state index in [2.05, 4.69) is 17.0 Å². The average molecular weight is 432 g/mol. The van der Waals surface area contributed by atoms with Gasteiger partial charge in [-0.25, -0.2) is 0 Å². The van der Waals surface area contributed by atoms with Gasteiger partial charge >= 0.3 is 0 Å². The Morgan fingerprint density at radius 3 is 2.03 bits per heavy atom. The van der Waals surface area contributed by atoms with Gasteiger partial charge in [0.1, 0.15) is 0 Å². The van der Waals surface area contributed by atoms with Crippen LogP contribution in [0.4, 0.5) is 0 Å². The lowest BCUT2D eigenvalue weighted by Crippen LogP contribution is -2.64. The topological polar surface area (TPSA) is 43.9 Å². The molecular weight excluding hydrogens is 406 g/mol. The van der Waals surface area contributed by atoms with Crippen molar-refractivity contribution in [3.05, 3.63) is 82.6 Å². The molecule has 2 saturated heterocycles. The Morgan fingerprint density at radius 1 is 0.710 bits per heavy atom. The average Bonchev–Trinajstić information content (AvgIpc) is 3.34. The molecule has 5 rings (SSSR count). The Labute approximate surface area is 186 Å². The highest BCUT2D eigenvalue weighted by Gasteiger charge is 2.37. The summed E-state index contributed by atoms with van der Waals surface area (Å²) in [6.45, 7) is 4.77. The summed E-state index contributed by atoms with van der Waals surface area (Å²) in [5.41, 5.74) is 3.01. The number of thiophene rings is 1. The first-order valence-electron chi connectivity index (χ1n) is 10.7. The van der Waals surface area contributed by atoms with E-state index in [0.29, 0.717) is 6.04 Å². The first kappa shape index (κ1) is 20.0. The number of piperazine rings is 1. The van der Waals surface area contributed by atoms with Gasteiger partial charge in [0.05, 0.1) is 4.88 Å². The number of nitrogens with zero attached hydrogens (tertiary/aromatic N) is 3. The monoisotopic (exact) mass is 431 g/mol. The lowest BCUT2D eigenvalue weighted by molar-refractivity contribution is 0.00863. The SMILES string of the molecule is O=C(c1ccc(-c2ccccc2)cc1)N1CC(N2CCN(C(=O)c3cccs3)CC2)C1. The van der Waals surface area contributed by atoms with Crippen LogP contribution in [0.15, 0.2) is 72.1 Å². The van der Waals surface area contributed by atoms with E-state index in [-0.39, 0.29) is 11.8 Å². The molecule has 2 aliphatic heterocycles. The van der Waals surface area contributed by atoms with Crippen LogP contribution < -0.4 is 0 Å². The zero-order valence-electron chi connectivity index (χ0n) is 17.3. The molecule has 0 N–H and O–H groups in total. The molecule has 1 aromatic heterocycles. The third kappa shape index (κ3) is 4.13. The highest BCUT2D eigenvalue weighted by molar-refractivity contribution is 7.12. The van der Waals surface area contributed by atoms with Gasteiger partial charge in [0, 0.05) is 50.9 Å². The van der Waals surface area contributed by atoms with E-state index in [0.717, 1.165) is 60.8 Å². The molecule has 31 heavy (non-hydrogen) atoms. The van der Waals surface area contributed by atoms with Crippen molar-refractivity contribution in [1.82, 2.24) is 14.7 Å². The number of carbonyl (C=O) groups excluding carboxylic acids is 2. The first-order chi connectivity index (χ1) is 15.2. The Balaban J connectivity index is 1.12. The summed E-state index contributed by atoms with van der Waals surface area (Å²) in [5.74, 6) is 0.237. The van der Waals surface area contributed by atoms with Crippen LogP contribution in [0.1, 0.15) is 20.0 Å². The summed E-state index contributed by atoms with van der Waals surface area (Å²) >= 11 is 1.50. The van der Waals surface area contributed by atoms with Crippen LogP contribution in [0, 0.1) is 0 Å². The predicted octanol–water partition coefficient (Wildman–Crippen LogP) is 3.70. The normalized spacial score (nSPS) is 17.4. The maximum absolute atomic E-state index is 12.8. The van der Waals surface area contributed by atoms with Gasteiger partial charge in [-0.15, -0.1) is 11.3 Å². The predicted molar refractivity (Wildman–Crippen MR) is 123 cm³/mol. The Morgan fingerprint density at radius 2 is 1.39 bits per heavy atom. The summed E-state index contributed by atoms with van der Waals surface area (Å²) in [5, 5.41) is 1.94. The highest BCUT2D eigenvalue weighted by Crippen LogP contribution is 2.23. The Bertz CT molecular complexity index is 1040. The van der Waals surface area contributed by atoms with E-state index in [4.69, 9.17) is 0 Å². The number of benzene rings is 2. The zero-order chi connectivity index (χ0) is 21.2. The van der Waals surface area contributed by atoms with Crippen molar-refractivity contribution in [2.24, 2.45) is 0 Å². The molecule has 2 fully saturated rings. The van der Waals surface area contributed by atoms with Gasteiger partial charge in [0.25, 0.3) is 11.8 Å². The number of rotatable bonds is 4. The molecule has 3 aromatic rings. The Hall–Kier alpha value is -2.96. The third-order valence-electron chi connectivity index (χ3n) is 6.24. The van der Waals surface area contributed by atoms with Crippen molar-refractivity contribution in [1.29, 1.82) is 0 Å². The molecule has 3 heterocycles. The standard InChI is InChI=1S/C25H25N3O2S/c29-24(21-10-8-20(9-11-21)19-5-2-1-3-6-19)28-17-22(18-28)26-12-14-27(15-13-26)25(30)23-7-4-16-31-23/h1-11,16,22H,12-15,17-18H2. The van der Waals surface area contributed by atoms with Crippen LogP contribution in [0.2, 0.25) is 0 Å². The van der Waals surface area contributed by atoms with Crippen molar-refractivity contribution in [3.63, 3.8) is 0 Å². The number of hydrogen-bond donors (Lipinski definition) is 0. The molecule has 0 saturated carbocycles. The van der Waals surface area contributed by atoms with Crippen LogP contribution in [0.5, 0.6) is 0 Å². The zero-order valence-corrected chi connectivity index (χ0v) is 18.1. The van der Waals surface area contributed by atoms with Crippen LogP contribution in [-0.2, 0) is 0 Å². The molecule has 158 valence electrons. The number of carbonyl (C=O) groups is 2. The smallest absolute Gasteiger partial charge is 0.264 e. The molecule has 0 bridgehead atoms. The van der Waals surface area contributed by atoms with Crippen molar-refractivity contribution < 1.29 is 9.59 Å². The minimum atomic E-state index is 0.0994. The van der Waals surface area contributed by atoms with Gasteiger partial charge in [-0.05, 0) is 34.7 Å². The molecule has 2 aromatic carbocycles. The van der Waals surface area contributed by atoms with E-state index in [1.54, 1.807) is 0 Å². The molecule has 0 unspecified atom stereocenters. The maximum Gasteiger partial charge on any atom is 0.264 e. The van der Waals surface area contributed by atoms with E-state index in [1.807, 2.05) is 69.8 Å². The lowest BCUT2D eigenvalue weighted by atomic mass is 10.0. The van der Waals surface area contributed by atoms with Crippen LogP contribution >= 0.6 is 11.3 Å². The fraction of sp³-hybridized carbons (Fsp3) is 0.280. The van der Waals surface area contributed by atoms with Crippen molar-refractivity contribution >= 4 is 23.2 Å². The molecule has 0 aliphatic carbocycles. The van der Waals surface area contributed by atoms with Gasteiger partial charge < -0.3 is 9.80 Å². The summed E-state index contributed by atoms with van der Waals surface area (Å²) in [6.07, 6.45) is 0. The van der Waals surface area contributed by atoms with Crippen LogP contribution in [0.25, 0.3) is 11.1 Å². The summed E-state index contributed by atoms with van der Waals surface area (Å²) in [7, 11) is 0. The second kappa shape index (κ2) is 8.65. The van der Waals surface area contributed by atoms with E-state index < -0.39 is 0 Å². The second-order valence-electron chi connectivity index (χ2n) is 8.11. The second-order valence-corrected chi connectivity index (χ2v) is 9.06. The van der Waals surface area contributed by atoms with Crippen molar-refractivity contribution in [3.8, 4) is 11.1 Å². The largest absolute Gasteiger partial charge is 0.335 e. The maximum atomic E-state index is 12.8. The van der Waals surface area contributed by atoms with Crippen molar-refractivity contribution in [2.45, 2.75) is 6.04 Å². The molecule has 2 amide bonds. The minimum Gasteiger partial charge on any atom is -0.335 e. The molecule has 0 spiro atoms. The molecular formula is C25H25N3O2S. The van der Waals surface area contributed by atoms with Gasteiger partial charge in [0.15, 0.2) is 0 Å². The van der Waals surface area contributed by atoms with Crippen LogP contribution in [-0.4, -0.2) is 71.8 Å². The number of likely N-dealkylation sites (tertiary alicyclic amines) is 1. The van der Waals surface area contributed by atoms with Gasteiger partial charge in [0.2, 0.25) is 0 Å². The fourth-order valence-electron chi connectivity index (χ4n) is 4.32. The quantitative estimate of drug-likeness (QED) is 0.633.